The van der Waals surface area contributed by atoms with Crippen molar-refractivity contribution < 1.29 is 9.13 Å². The molecule has 0 fully saturated rings. The van der Waals surface area contributed by atoms with Gasteiger partial charge in [0.15, 0.2) is 0 Å². The van der Waals surface area contributed by atoms with E-state index in [-0.39, 0.29) is 5.82 Å². The highest BCUT2D eigenvalue weighted by molar-refractivity contribution is 6.30. The van der Waals surface area contributed by atoms with Crippen LogP contribution in [-0.2, 0) is 13.2 Å². The topological polar surface area (TPSA) is 27.1 Å². The van der Waals surface area contributed by atoms with E-state index in [2.05, 4.69) is 30.3 Å². The van der Waals surface area contributed by atoms with Crippen molar-refractivity contribution in [3.63, 3.8) is 0 Å². The average Bonchev–Trinajstić information content (AvgIpc) is 2.80. The van der Waals surface area contributed by atoms with Crippen LogP contribution in [0.25, 0.3) is 10.9 Å². The molecule has 3 nitrogen and oxygen atoms in total. The third kappa shape index (κ3) is 3.11. The van der Waals surface area contributed by atoms with E-state index < -0.39 is 0 Å². The van der Waals surface area contributed by atoms with Gasteiger partial charge in [-0.3, -0.25) is 0 Å². The fourth-order valence-corrected chi connectivity index (χ4v) is 3.12. The zero-order valence-electron chi connectivity index (χ0n) is 14.1. The minimum Gasteiger partial charge on any atom is -0.471 e. The molecule has 0 bridgehead atoms. The summed E-state index contributed by atoms with van der Waals surface area (Å²) in [6.07, 6.45) is 1.02. The fourth-order valence-electron chi connectivity index (χ4n) is 2.93. The predicted molar refractivity (Wildman–Crippen MR) is 95.2 cm³/mol. The third-order valence-electron chi connectivity index (χ3n) is 4.29. The highest BCUT2D eigenvalue weighted by atomic mass is 35.5. The van der Waals surface area contributed by atoms with Gasteiger partial charge in [-0.15, -0.1) is 0 Å². The van der Waals surface area contributed by atoms with Crippen molar-refractivity contribution in [2.24, 2.45) is 0 Å². The molecule has 126 valence electrons. The smallest absolute Gasteiger partial charge is 0.240 e. The first kappa shape index (κ1) is 16.8. The molecular formula is C19H20ClFN2O. The lowest BCUT2D eigenvalue weighted by Crippen LogP contribution is -2.03. The molecule has 0 aliphatic heterocycles. The minimum atomic E-state index is -0.259. The molecule has 0 aliphatic carbocycles. The maximum absolute atomic E-state index is 13.0. The van der Waals surface area contributed by atoms with Gasteiger partial charge in [0.2, 0.25) is 5.88 Å². The van der Waals surface area contributed by atoms with Crippen LogP contribution in [0, 0.1) is 19.7 Å². The maximum Gasteiger partial charge on any atom is 0.240 e. The molecule has 0 atom stereocenters. The average molecular weight is 347 g/mol. The first-order valence-corrected chi connectivity index (χ1v) is 8.42. The highest BCUT2D eigenvalue weighted by Gasteiger charge is 2.17. The van der Waals surface area contributed by atoms with Crippen molar-refractivity contribution in [2.75, 3.05) is 0 Å². The van der Waals surface area contributed by atoms with Gasteiger partial charge in [-0.25, -0.2) is 4.39 Å². The summed E-state index contributed by atoms with van der Waals surface area (Å²) >= 11 is 6.19. The quantitative estimate of drug-likeness (QED) is 0.575. The van der Waals surface area contributed by atoms with Crippen LogP contribution >= 0.6 is 11.6 Å². The van der Waals surface area contributed by atoms with Crippen LogP contribution in [0.2, 0.25) is 5.15 Å². The number of pyridine rings is 1. The van der Waals surface area contributed by atoms with E-state index in [1.807, 2.05) is 6.07 Å². The van der Waals surface area contributed by atoms with Crippen molar-refractivity contribution in [2.45, 2.75) is 40.3 Å². The number of hydrogen-bond acceptors (Lipinski definition) is 2. The molecule has 3 rings (SSSR count). The van der Waals surface area contributed by atoms with Crippen LogP contribution in [0.3, 0.4) is 0 Å². The Bertz CT molecular complexity index is 871. The van der Waals surface area contributed by atoms with E-state index in [0.717, 1.165) is 29.4 Å². The molecule has 0 N–H and O–H groups in total. The summed E-state index contributed by atoms with van der Waals surface area (Å²) in [4.78, 5) is 4.38. The Morgan fingerprint density at radius 3 is 2.58 bits per heavy atom. The second kappa shape index (κ2) is 6.81. The summed E-state index contributed by atoms with van der Waals surface area (Å²) in [5.74, 6) is 0.261. The third-order valence-corrected chi connectivity index (χ3v) is 4.48. The molecule has 24 heavy (non-hydrogen) atoms. The minimum absolute atomic E-state index is 0.259. The molecule has 0 radical (unpaired) electrons. The van der Waals surface area contributed by atoms with Crippen LogP contribution in [-0.4, -0.2) is 9.55 Å². The van der Waals surface area contributed by atoms with E-state index in [1.54, 1.807) is 12.1 Å². The van der Waals surface area contributed by atoms with E-state index in [4.69, 9.17) is 16.3 Å². The van der Waals surface area contributed by atoms with Crippen LogP contribution in [0.15, 0.2) is 30.3 Å². The van der Waals surface area contributed by atoms with Gasteiger partial charge in [0.1, 0.15) is 23.1 Å². The molecule has 3 aromatic rings. The van der Waals surface area contributed by atoms with Crippen LogP contribution in [0.5, 0.6) is 5.88 Å². The molecule has 0 spiro atoms. The summed E-state index contributed by atoms with van der Waals surface area (Å²) in [6, 6.07) is 8.15. The molecule has 0 saturated carbocycles. The lowest BCUT2D eigenvalue weighted by molar-refractivity contribution is 0.296. The number of rotatable bonds is 5. The second-order valence-corrected chi connectivity index (χ2v) is 6.31. The monoisotopic (exact) mass is 346 g/mol. The van der Waals surface area contributed by atoms with E-state index in [1.165, 1.54) is 23.4 Å². The number of ether oxygens (including phenoxy) is 1. The Morgan fingerprint density at radius 1 is 1.21 bits per heavy atom. The van der Waals surface area contributed by atoms with Gasteiger partial charge < -0.3 is 9.30 Å². The molecule has 0 unspecified atom stereocenters. The lowest BCUT2D eigenvalue weighted by atomic mass is 10.2. The summed E-state index contributed by atoms with van der Waals surface area (Å²) in [6.45, 7) is 7.54. The van der Waals surface area contributed by atoms with E-state index in [0.29, 0.717) is 17.6 Å². The Kier molecular flexibility index (Phi) is 4.76. The molecule has 0 saturated heterocycles. The predicted octanol–water partition coefficient (Wildman–Crippen LogP) is 5.43. The zero-order chi connectivity index (χ0) is 17.3. The lowest BCUT2D eigenvalue weighted by Gasteiger charge is -2.11. The van der Waals surface area contributed by atoms with Gasteiger partial charge in [-0.05, 0) is 49.6 Å². The number of fused-ring (bicyclic) bond motifs is 1. The molecule has 0 amide bonds. The van der Waals surface area contributed by atoms with Crippen LogP contribution in [0.4, 0.5) is 4.39 Å². The van der Waals surface area contributed by atoms with Gasteiger partial charge in [-0.1, -0.05) is 30.7 Å². The normalized spacial score (nSPS) is 11.2. The molecule has 2 heterocycles. The SMILES string of the molecule is CCCn1c(C)c(C)c2cc(Cl)nc(OCc3ccc(F)cc3)c21. The maximum atomic E-state index is 13.0. The van der Waals surface area contributed by atoms with Crippen molar-refractivity contribution in [1.82, 2.24) is 9.55 Å². The van der Waals surface area contributed by atoms with Gasteiger partial charge in [-0.2, -0.15) is 4.98 Å². The molecule has 1 aromatic carbocycles. The summed E-state index contributed by atoms with van der Waals surface area (Å²) < 4.78 is 21.2. The number of hydrogen-bond donors (Lipinski definition) is 0. The van der Waals surface area contributed by atoms with Gasteiger partial charge >= 0.3 is 0 Å². The molecule has 0 aliphatic rings. The molecule has 5 heteroatoms. The second-order valence-electron chi connectivity index (χ2n) is 5.92. The van der Waals surface area contributed by atoms with Crippen molar-refractivity contribution in [1.29, 1.82) is 0 Å². The largest absolute Gasteiger partial charge is 0.471 e. The van der Waals surface area contributed by atoms with E-state index in [9.17, 15) is 4.39 Å². The Labute approximate surface area is 146 Å². The number of aromatic nitrogens is 2. The Balaban J connectivity index is 2.02. The molecular weight excluding hydrogens is 327 g/mol. The van der Waals surface area contributed by atoms with Gasteiger partial charge in [0.05, 0.1) is 0 Å². The molecule has 2 aromatic heterocycles. The van der Waals surface area contributed by atoms with Gasteiger partial charge in [0.25, 0.3) is 0 Å². The first-order valence-electron chi connectivity index (χ1n) is 8.04. The van der Waals surface area contributed by atoms with Crippen molar-refractivity contribution in [3.8, 4) is 5.88 Å². The van der Waals surface area contributed by atoms with Crippen LogP contribution in [0.1, 0.15) is 30.2 Å². The summed E-state index contributed by atoms with van der Waals surface area (Å²) in [7, 11) is 0. The Hall–Kier alpha value is -2.07. The Morgan fingerprint density at radius 2 is 1.92 bits per heavy atom. The van der Waals surface area contributed by atoms with Gasteiger partial charge in [0, 0.05) is 17.6 Å². The summed E-state index contributed by atoms with van der Waals surface area (Å²) in [5, 5.41) is 1.48. The fraction of sp³-hybridized carbons (Fsp3) is 0.316. The number of halogens is 2. The first-order chi connectivity index (χ1) is 11.5. The van der Waals surface area contributed by atoms with Crippen molar-refractivity contribution in [3.05, 3.63) is 58.1 Å². The number of nitrogens with zero attached hydrogens (tertiary/aromatic N) is 2. The van der Waals surface area contributed by atoms with Crippen LogP contribution < -0.4 is 4.74 Å². The number of aryl methyl sites for hydroxylation is 2. The van der Waals surface area contributed by atoms with Crippen molar-refractivity contribution >= 4 is 22.5 Å². The highest BCUT2D eigenvalue weighted by Crippen LogP contribution is 2.33. The summed E-state index contributed by atoms with van der Waals surface area (Å²) in [5.41, 5.74) is 4.24. The zero-order valence-corrected chi connectivity index (χ0v) is 14.8. The van der Waals surface area contributed by atoms with E-state index >= 15 is 0 Å². The standard InChI is InChI=1S/C19H20ClFN2O/c1-4-9-23-13(3)12(2)16-10-17(20)22-19(18(16)23)24-11-14-5-7-15(21)8-6-14/h5-8,10H,4,9,11H2,1-3H3. The number of benzene rings is 1.